The first-order chi connectivity index (χ1) is 14.9. The third-order valence-electron chi connectivity index (χ3n) is 7.28. The molecule has 1 N–H and O–H groups in total. The van der Waals surface area contributed by atoms with Crippen LogP contribution in [0.5, 0.6) is 0 Å². The van der Waals surface area contributed by atoms with Crippen molar-refractivity contribution < 1.29 is 19.1 Å². The maximum absolute atomic E-state index is 13.8. The first kappa shape index (κ1) is 20.6. The molecule has 1 aromatic carbocycles. The van der Waals surface area contributed by atoms with E-state index in [4.69, 9.17) is 4.74 Å². The number of likely N-dealkylation sites (tertiary alicyclic amines) is 1. The summed E-state index contributed by atoms with van der Waals surface area (Å²) in [5, 5.41) is 3.06. The van der Waals surface area contributed by atoms with Crippen LogP contribution in [-0.2, 0) is 14.3 Å². The summed E-state index contributed by atoms with van der Waals surface area (Å²) in [7, 11) is 0. The van der Waals surface area contributed by atoms with E-state index in [9.17, 15) is 14.4 Å². The van der Waals surface area contributed by atoms with Crippen LogP contribution in [0.2, 0.25) is 0 Å². The van der Waals surface area contributed by atoms with Gasteiger partial charge in [-0.3, -0.25) is 14.4 Å². The molecule has 3 heterocycles. The molecule has 7 nitrogen and oxygen atoms in total. The molecule has 164 valence electrons. The van der Waals surface area contributed by atoms with Crippen LogP contribution in [0.3, 0.4) is 0 Å². The summed E-state index contributed by atoms with van der Waals surface area (Å²) in [6, 6.07) is 4.21. The van der Waals surface area contributed by atoms with E-state index in [2.05, 4.69) is 17.2 Å². The van der Waals surface area contributed by atoms with Crippen molar-refractivity contribution in [1.82, 2.24) is 15.2 Å². The normalized spacial score (nSPS) is 28.1. The highest BCUT2D eigenvalue weighted by Crippen LogP contribution is 2.42. The van der Waals surface area contributed by atoms with E-state index in [0.29, 0.717) is 12.1 Å². The summed E-state index contributed by atoms with van der Waals surface area (Å²) < 4.78 is 6.60. The van der Waals surface area contributed by atoms with Gasteiger partial charge in [-0.25, -0.2) is 4.98 Å². The molecule has 3 aliphatic rings. The van der Waals surface area contributed by atoms with E-state index in [1.807, 2.05) is 19.1 Å². The molecule has 4 atom stereocenters. The number of Topliss-reactive ketones (excluding diaryl/α,β-unsaturated/α-hetero) is 1. The minimum atomic E-state index is -0.668. The minimum absolute atomic E-state index is 0.0417. The smallest absolute Gasteiger partial charge is 0.251 e. The molecular weight excluding hydrogens is 414 g/mol. The highest BCUT2D eigenvalue weighted by atomic mass is 32.1. The maximum atomic E-state index is 13.8. The van der Waals surface area contributed by atoms with Crippen molar-refractivity contribution in [3.05, 3.63) is 29.3 Å². The van der Waals surface area contributed by atoms with Crippen molar-refractivity contribution in [1.29, 1.82) is 0 Å². The van der Waals surface area contributed by atoms with E-state index in [0.717, 1.165) is 35.9 Å². The Labute approximate surface area is 185 Å². The Kier molecular flexibility index (Phi) is 5.09. The standard InChI is InChI=1S/C23H27N3O4S/c1-13-10-26(18-16(27)11-30-19(13)18)22(29)20(23(2)7-3-4-8-23)25-21(28)14-5-6-15-17(9-14)31-12-24-15/h5-6,9,12-13,18-20H,3-4,7-8,10-11H2,1-2H3,(H,25,28)/t13-,18+,19+,20+/m0/s1. The van der Waals surface area contributed by atoms with Crippen LogP contribution in [0.25, 0.3) is 10.2 Å². The Hall–Kier alpha value is -2.32. The number of thiazole rings is 1. The molecule has 31 heavy (non-hydrogen) atoms. The lowest BCUT2D eigenvalue weighted by Gasteiger charge is -2.37. The number of hydrogen-bond acceptors (Lipinski definition) is 6. The average Bonchev–Trinajstić information content (AvgIpc) is 3.52. The number of amides is 2. The van der Waals surface area contributed by atoms with E-state index in [1.165, 1.54) is 11.3 Å². The number of benzene rings is 1. The summed E-state index contributed by atoms with van der Waals surface area (Å²) in [6.45, 7) is 4.64. The Morgan fingerprint density at radius 2 is 2.10 bits per heavy atom. The monoisotopic (exact) mass is 441 g/mol. The summed E-state index contributed by atoms with van der Waals surface area (Å²) in [4.78, 5) is 45.4. The zero-order chi connectivity index (χ0) is 21.8. The van der Waals surface area contributed by atoms with Crippen molar-refractivity contribution in [3.63, 3.8) is 0 Å². The number of aromatic nitrogens is 1. The van der Waals surface area contributed by atoms with Gasteiger partial charge < -0.3 is 15.0 Å². The van der Waals surface area contributed by atoms with Crippen LogP contribution in [-0.4, -0.2) is 58.8 Å². The van der Waals surface area contributed by atoms with Crippen LogP contribution in [0.15, 0.2) is 23.7 Å². The molecule has 2 saturated heterocycles. The molecule has 2 aliphatic heterocycles. The molecule has 0 spiro atoms. The lowest BCUT2D eigenvalue weighted by atomic mass is 9.79. The lowest BCUT2D eigenvalue weighted by Crippen LogP contribution is -2.57. The van der Waals surface area contributed by atoms with Crippen LogP contribution < -0.4 is 5.32 Å². The van der Waals surface area contributed by atoms with E-state index in [-0.39, 0.29) is 41.6 Å². The maximum Gasteiger partial charge on any atom is 0.251 e. The van der Waals surface area contributed by atoms with Crippen molar-refractivity contribution >= 4 is 39.2 Å². The Bertz CT molecular complexity index is 1040. The predicted octanol–water partition coefficient (Wildman–Crippen LogP) is 2.79. The number of nitrogens with one attached hydrogen (secondary N) is 1. The number of carbonyl (C=O) groups excluding carboxylic acids is 3. The van der Waals surface area contributed by atoms with E-state index < -0.39 is 12.1 Å². The molecule has 0 unspecified atom stereocenters. The minimum Gasteiger partial charge on any atom is -0.367 e. The predicted molar refractivity (Wildman–Crippen MR) is 117 cm³/mol. The lowest BCUT2D eigenvalue weighted by molar-refractivity contribution is -0.140. The Balaban J connectivity index is 1.44. The van der Waals surface area contributed by atoms with Gasteiger partial charge in [0.05, 0.1) is 21.8 Å². The third kappa shape index (κ3) is 3.46. The van der Waals surface area contributed by atoms with Crippen molar-refractivity contribution in [2.75, 3.05) is 13.2 Å². The zero-order valence-electron chi connectivity index (χ0n) is 17.8. The summed E-state index contributed by atoms with van der Waals surface area (Å²) in [5.41, 5.74) is 2.80. The molecule has 2 aromatic rings. The molecule has 1 aliphatic carbocycles. The second-order valence-electron chi connectivity index (χ2n) is 9.46. The molecule has 8 heteroatoms. The van der Waals surface area contributed by atoms with Gasteiger partial charge in [0.25, 0.3) is 5.91 Å². The summed E-state index contributed by atoms with van der Waals surface area (Å²) in [5.74, 6) is -0.365. The van der Waals surface area contributed by atoms with Crippen LogP contribution in [0.1, 0.15) is 49.9 Å². The fourth-order valence-corrected chi connectivity index (χ4v) is 6.22. The van der Waals surface area contributed by atoms with Crippen LogP contribution >= 0.6 is 11.3 Å². The quantitative estimate of drug-likeness (QED) is 0.788. The Morgan fingerprint density at radius 3 is 2.87 bits per heavy atom. The first-order valence-corrected chi connectivity index (χ1v) is 11.8. The highest BCUT2D eigenvalue weighted by Gasteiger charge is 2.54. The fourth-order valence-electron chi connectivity index (χ4n) is 5.50. The molecule has 0 radical (unpaired) electrons. The van der Waals surface area contributed by atoms with Gasteiger partial charge in [-0.2, -0.15) is 0 Å². The number of rotatable bonds is 4. The number of ketones is 1. The van der Waals surface area contributed by atoms with Gasteiger partial charge in [0.15, 0.2) is 5.78 Å². The number of hydrogen-bond donors (Lipinski definition) is 1. The summed E-state index contributed by atoms with van der Waals surface area (Å²) >= 11 is 1.48. The van der Waals surface area contributed by atoms with Crippen molar-refractivity contribution in [2.45, 2.75) is 57.7 Å². The second-order valence-corrected chi connectivity index (χ2v) is 10.3. The van der Waals surface area contributed by atoms with E-state index >= 15 is 0 Å². The number of ether oxygens (including phenoxy) is 1. The van der Waals surface area contributed by atoms with Gasteiger partial charge in [-0.15, -0.1) is 11.3 Å². The van der Waals surface area contributed by atoms with Gasteiger partial charge in [0.1, 0.15) is 18.7 Å². The second kappa shape index (κ2) is 7.67. The highest BCUT2D eigenvalue weighted by molar-refractivity contribution is 7.16. The molecule has 0 bridgehead atoms. The summed E-state index contributed by atoms with van der Waals surface area (Å²) in [6.07, 6.45) is 3.58. The van der Waals surface area contributed by atoms with Crippen molar-refractivity contribution in [3.8, 4) is 0 Å². The molecule has 2 amide bonds. The molecule has 1 saturated carbocycles. The first-order valence-electron chi connectivity index (χ1n) is 11.0. The average molecular weight is 442 g/mol. The van der Waals surface area contributed by atoms with Crippen LogP contribution in [0.4, 0.5) is 0 Å². The number of carbonyl (C=O) groups is 3. The molecule has 3 fully saturated rings. The Morgan fingerprint density at radius 1 is 1.32 bits per heavy atom. The van der Waals surface area contributed by atoms with Gasteiger partial charge in [-0.1, -0.05) is 26.7 Å². The van der Waals surface area contributed by atoms with Crippen molar-refractivity contribution in [2.24, 2.45) is 11.3 Å². The molecular formula is C23H27N3O4S. The van der Waals surface area contributed by atoms with E-state index in [1.54, 1.807) is 16.5 Å². The van der Waals surface area contributed by atoms with Gasteiger partial charge in [-0.05, 0) is 36.5 Å². The van der Waals surface area contributed by atoms with Gasteiger partial charge >= 0.3 is 0 Å². The van der Waals surface area contributed by atoms with Gasteiger partial charge in [0, 0.05) is 18.0 Å². The third-order valence-corrected chi connectivity index (χ3v) is 8.07. The number of fused-ring (bicyclic) bond motifs is 2. The van der Waals surface area contributed by atoms with Crippen LogP contribution in [0, 0.1) is 11.3 Å². The fraction of sp³-hybridized carbons (Fsp3) is 0.565. The molecule has 5 rings (SSSR count). The topological polar surface area (TPSA) is 88.6 Å². The molecule has 1 aromatic heterocycles. The zero-order valence-corrected chi connectivity index (χ0v) is 18.6. The SMILES string of the molecule is C[C@H]1CN(C(=O)[C@@H](NC(=O)c2ccc3ncsc3c2)C2(C)CCCC2)[C@@H]2C(=O)CO[C@@H]21. The van der Waals surface area contributed by atoms with Gasteiger partial charge in [0.2, 0.25) is 5.91 Å². The largest absolute Gasteiger partial charge is 0.367 e. The number of nitrogens with zero attached hydrogens (tertiary/aromatic N) is 2.